The zero-order chi connectivity index (χ0) is 15.0. The van der Waals surface area contributed by atoms with Gasteiger partial charge in [0.1, 0.15) is 18.5 Å². The lowest BCUT2D eigenvalue weighted by Crippen LogP contribution is -2.24. The van der Waals surface area contributed by atoms with E-state index in [9.17, 15) is 5.11 Å². The van der Waals surface area contributed by atoms with E-state index < -0.39 is 6.10 Å². The van der Waals surface area contributed by atoms with Crippen LogP contribution < -0.4 is 10.5 Å². The molecule has 0 saturated heterocycles. The molecule has 3 N–H and O–H groups in total. The number of rotatable bonds is 9. The van der Waals surface area contributed by atoms with Crippen molar-refractivity contribution in [3.63, 3.8) is 0 Å². The third kappa shape index (κ3) is 5.90. The average molecular weight is 281 g/mol. The number of aliphatic hydroxyl groups is 1. The van der Waals surface area contributed by atoms with Crippen LogP contribution in [0.2, 0.25) is 0 Å². The van der Waals surface area contributed by atoms with Crippen LogP contribution in [-0.4, -0.2) is 31.0 Å². The molecule has 0 radical (unpaired) electrons. The Hall–Kier alpha value is -1.10. The van der Waals surface area contributed by atoms with Gasteiger partial charge in [-0.2, -0.15) is 0 Å². The highest BCUT2D eigenvalue weighted by Crippen LogP contribution is 2.25. The highest BCUT2D eigenvalue weighted by molar-refractivity contribution is 5.38. The summed E-state index contributed by atoms with van der Waals surface area (Å²) in [6.45, 7) is 7.26. The number of benzene rings is 1. The second kappa shape index (κ2) is 8.95. The molecule has 1 aromatic rings. The van der Waals surface area contributed by atoms with Gasteiger partial charge in [-0.3, -0.25) is 0 Å². The molecule has 4 nitrogen and oxygen atoms in total. The summed E-state index contributed by atoms with van der Waals surface area (Å²) in [6, 6.07) is 5.80. The molecule has 0 amide bonds. The smallest absolute Gasteiger partial charge is 0.124 e. The first kappa shape index (κ1) is 17.0. The van der Waals surface area contributed by atoms with E-state index in [4.69, 9.17) is 15.2 Å². The Morgan fingerprint density at radius 2 is 2.05 bits per heavy atom. The molecule has 0 fully saturated rings. The average Bonchev–Trinajstić information content (AvgIpc) is 2.42. The number of aryl methyl sites for hydroxylation is 1. The molecule has 4 heteroatoms. The van der Waals surface area contributed by atoms with Crippen molar-refractivity contribution in [1.82, 2.24) is 0 Å². The minimum atomic E-state index is -0.617. The van der Waals surface area contributed by atoms with Gasteiger partial charge in [0.05, 0.1) is 6.61 Å². The Morgan fingerprint density at radius 1 is 1.30 bits per heavy atom. The van der Waals surface area contributed by atoms with E-state index in [1.165, 1.54) is 0 Å². The molecule has 0 aliphatic carbocycles. The van der Waals surface area contributed by atoms with E-state index in [1.807, 2.05) is 32.0 Å². The van der Waals surface area contributed by atoms with Crippen LogP contribution >= 0.6 is 0 Å². The van der Waals surface area contributed by atoms with Crippen molar-refractivity contribution < 1.29 is 14.6 Å². The first-order chi connectivity index (χ1) is 9.54. The fourth-order valence-corrected chi connectivity index (χ4v) is 1.86. The minimum Gasteiger partial charge on any atom is -0.490 e. The summed E-state index contributed by atoms with van der Waals surface area (Å²) in [5, 5.41) is 9.81. The first-order valence-electron chi connectivity index (χ1n) is 7.29. The van der Waals surface area contributed by atoms with Gasteiger partial charge in [-0.05, 0) is 26.3 Å². The lowest BCUT2D eigenvalue weighted by Gasteiger charge is -2.17. The highest BCUT2D eigenvalue weighted by atomic mass is 16.5. The molecular weight excluding hydrogens is 254 g/mol. The summed E-state index contributed by atoms with van der Waals surface area (Å²) >= 11 is 0. The van der Waals surface area contributed by atoms with E-state index in [2.05, 4.69) is 6.92 Å². The summed E-state index contributed by atoms with van der Waals surface area (Å²) in [6.07, 6.45) is 1.49. The van der Waals surface area contributed by atoms with Gasteiger partial charge in [0, 0.05) is 18.2 Å². The topological polar surface area (TPSA) is 64.7 Å². The maximum atomic E-state index is 9.81. The predicted octanol–water partition coefficient (Wildman–Crippen LogP) is 2.57. The van der Waals surface area contributed by atoms with Crippen molar-refractivity contribution in [2.45, 2.75) is 45.8 Å². The lowest BCUT2D eigenvalue weighted by molar-refractivity contribution is 0.0111. The molecule has 0 spiro atoms. The molecule has 0 bridgehead atoms. The molecule has 114 valence electrons. The standard InChI is InChI=1S/C16H27NO3/c1-4-5-8-19-10-14(18)11-20-16-7-6-12(2)9-15(16)13(3)17/h6-7,9,13-14,18H,4-5,8,10-11,17H2,1-3H3/t13-,14?/m1/s1. The molecule has 0 aromatic heterocycles. The maximum absolute atomic E-state index is 9.81. The van der Waals surface area contributed by atoms with Crippen LogP contribution in [0.5, 0.6) is 5.75 Å². The van der Waals surface area contributed by atoms with Crippen molar-refractivity contribution in [3.05, 3.63) is 29.3 Å². The largest absolute Gasteiger partial charge is 0.490 e. The van der Waals surface area contributed by atoms with Crippen LogP contribution in [0.3, 0.4) is 0 Å². The Bertz CT molecular complexity index is 393. The molecule has 1 rings (SSSR count). The van der Waals surface area contributed by atoms with Crippen LogP contribution in [0.1, 0.15) is 43.9 Å². The normalized spacial score (nSPS) is 14.1. The minimum absolute atomic E-state index is 0.0946. The molecule has 2 atom stereocenters. The zero-order valence-corrected chi connectivity index (χ0v) is 12.8. The molecule has 0 saturated carbocycles. The number of ether oxygens (including phenoxy) is 2. The molecule has 0 heterocycles. The van der Waals surface area contributed by atoms with Crippen LogP contribution in [0, 0.1) is 6.92 Å². The number of unbranched alkanes of at least 4 members (excludes halogenated alkanes) is 1. The van der Waals surface area contributed by atoms with Gasteiger partial charge in [0.25, 0.3) is 0 Å². The number of nitrogens with two attached hydrogens (primary N) is 1. The Morgan fingerprint density at radius 3 is 2.70 bits per heavy atom. The lowest BCUT2D eigenvalue weighted by atomic mass is 10.1. The van der Waals surface area contributed by atoms with E-state index >= 15 is 0 Å². The molecule has 20 heavy (non-hydrogen) atoms. The van der Waals surface area contributed by atoms with Gasteiger partial charge < -0.3 is 20.3 Å². The van der Waals surface area contributed by atoms with Gasteiger partial charge in [-0.15, -0.1) is 0 Å². The second-order valence-corrected chi connectivity index (χ2v) is 5.22. The van der Waals surface area contributed by atoms with Crippen LogP contribution in [0.25, 0.3) is 0 Å². The monoisotopic (exact) mass is 281 g/mol. The summed E-state index contributed by atoms with van der Waals surface area (Å²) in [5.41, 5.74) is 8.04. The van der Waals surface area contributed by atoms with Gasteiger partial charge in [-0.25, -0.2) is 0 Å². The quantitative estimate of drug-likeness (QED) is 0.683. The van der Waals surface area contributed by atoms with Gasteiger partial charge in [0.2, 0.25) is 0 Å². The third-order valence-corrected chi connectivity index (χ3v) is 3.04. The predicted molar refractivity (Wildman–Crippen MR) is 81.0 cm³/mol. The number of aliphatic hydroxyl groups excluding tert-OH is 1. The maximum Gasteiger partial charge on any atom is 0.124 e. The molecular formula is C16H27NO3. The third-order valence-electron chi connectivity index (χ3n) is 3.04. The van der Waals surface area contributed by atoms with E-state index in [1.54, 1.807) is 0 Å². The molecule has 0 aliphatic rings. The highest BCUT2D eigenvalue weighted by Gasteiger charge is 2.11. The van der Waals surface area contributed by atoms with Crippen LogP contribution in [0.4, 0.5) is 0 Å². The fraction of sp³-hybridized carbons (Fsp3) is 0.625. The summed E-state index contributed by atoms with van der Waals surface area (Å²) < 4.78 is 11.0. The summed E-state index contributed by atoms with van der Waals surface area (Å²) in [7, 11) is 0. The fourth-order valence-electron chi connectivity index (χ4n) is 1.86. The zero-order valence-electron chi connectivity index (χ0n) is 12.8. The molecule has 0 aliphatic heterocycles. The van der Waals surface area contributed by atoms with Gasteiger partial charge >= 0.3 is 0 Å². The van der Waals surface area contributed by atoms with Crippen molar-refractivity contribution in [2.24, 2.45) is 5.73 Å². The van der Waals surface area contributed by atoms with E-state index in [-0.39, 0.29) is 12.6 Å². The van der Waals surface area contributed by atoms with Gasteiger partial charge in [0.15, 0.2) is 0 Å². The summed E-state index contributed by atoms with van der Waals surface area (Å²) in [5.74, 6) is 0.734. The Labute approximate surface area is 121 Å². The molecule has 1 unspecified atom stereocenters. The van der Waals surface area contributed by atoms with E-state index in [0.717, 1.165) is 29.7 Å². The van der Waals surface area contributed by atoms with Crippen LogP contribution in [-0.2, 0) is 4.74 Å². The van der Waals surface area contributed by atoms with Crippen molar-refractivity contribution in [2.75, 3.05) is 19.8 Å². The summed E-state index contributed by atoms with van der Waals surface area (Å²) in [4.78, 5) is 0. The van der Waals surface area contributed by atoms with Crippen molar-refractivity contribution in [1.29, 1.82) is 0 Å². The Balaban J connectivity index is 2.44. The SMILES string of the molecule is CCCCOCC(O)COc1ccc(C)cc1[C@@H](C)N. The second-order valence-electron chi connectivity index (χ2n) is 5.22. The number of hydrogen-bond acceptors (Lipinski definition) is 4. The first-order valence-corrected chi connectivity index (χ1v) is 7.29. The Kier molecular flexibility index (Phi) is 7.59. The van der Waals surface area contributed by atoms with Gasteiger partial charge in [-0.1, -0.05) is 31.0 Å². The van der Waals surface area contributed by atoms with Crippen LogP contribution in [0.15, 0.2) is 18.2 Å². The van der Waals surface area contributed by atoms with Crippen molar-refractivity contribution >= 4 is 0 Å². The van der Waals surface area contributed by atoms with Crippen molar-refractivity contribution in [3.8, 4) is 5.75 Å². The van der Waals surface area contributed by atoms with E-state index in [0.29, 0.717) is 13.2 Å². The molecule has 1 aromatic carbocycles. The number of hydrogen-bond donors (Lipinski definition) is 2.